The smallest absolute Gasteiger partial charge is 0.0492 e. The monoisotopic (exact) mass is 152 g/mol. The number of rotatable bonds is 1. The first kappa shape index (κ1) is 6.47. The van der Waals surface area contributed by atoms with E-state index < -0.39 is 0 Å². The van der Waals surface area contributed by atoms with Gasteiger partial charge in [0, 0.05) is 6.61 Å². The van der Waals surface area contributed by atoms with Gasteiger partial charge < -0.3 is 5.11 Å². The maximum Gasteiger partial charge on any atom is 0.0492 e. The molecular formula is C10H16O. The van der Waals surface area contributed by atoms with Crippen molar-refractivity contribution in [3.05, 3.63) is 0 Å². The Morgan fingerprint density at radius 2 is 1.82 bits per heavy atom. The Bertz CT molecular complexity index is 211. The number of aliphatic hydroxyl groups is 1. The molecule has 0 aromatic heterocycles. The molecule has 0 radical (unpaired) electrons. The second-order valence-electron chi connectivity index (χ2n) is 5.24. The van der Waals surface area contributed by atoms with Crippen LogP contribution in [-0.2, 0) is 0 Å². The molecule has 4 fully saturated rings. The summed E-state index contributed by atoms with van der Waals surface area (Å²) < 4.78 is 0. The van der Waals surface area contributed by atoms with Crippen molar-refractivity contribution in [3.63, 3.8) is 0 Å². The van der Waals surface area contributed by atoms with Crippen molar-refractivity contribution in [2.24, 2.45) is 28.6 Å². The zero-order valence-corrected chi connectivity index (χ0v) is 7.30. The normalized spacial score (nSPS) is 70.6. The maximum atomic E-state index is 9.38. The highest BCUT2D eigenvalue weighted by atomic mass is 16.3. The van der Waals surface area contributed by atoms with Gasteiger partial charge in [0.1, 0.15) is 0 Å². The van der Waals surface area contributed by atoms with E-state index in [1.165, 1.54) is 12.8 Å². The van der Waals surface area contributed by atoms with Gasteiger partial charge in [-0.05, 0) is 41.4 Å². The molecule has 4 aliphatic carbocycles. The highest BCUT2D eigenvalue weighted by Gasteiger charge is 2.81. The first-order valence-electron chi connectivity index (χ1n) is 4.75. The Hall–Kier alpha value is -0.0400. The zero-order chi connectivity index (χ0) is 7.85. The van der Waals surface area contributed by atoms with Crippen LogP contribution < -0.4 is 0 Å². The lowest BCUT2D eigenvalue weighted by Crippen LogP contribution is -2.31. The number of hydrogen-bond acceptors (Lipinski definition) is 1. The Balaban J connectivity index is 2.10. The van der Waals surface area contributed by atoms with Gasteiger partial charge >= 0.3 is 0 Å². The first-order valence-corrected chi connectivity index (χ1v) is 4.75. The van der Waals surface area contributed by atoms with Gasteiger partial charge in [-0.3, -0.25) is 0 Å². The summed E-state index contributed by atoms with van der Waals surface area (Å²) >= 11 is 0. The molecule has 0 aromatic rings. The SMILES string of the molecule is CC12[C@@H]3CC(C[C@H]31)[C@@]2(C)CO. The molecule has 1 heteroatoms. The van der Waals surface area contributed by atoms with Gasteiger partial charge in [0.25, 0.3) is 0 Å². The van der Waals surface area contributed by atoms with Crippen LogP contribution in [0, 0.1) is 28.6 Å². The predicted octanol–water partition coefficient (Wildman–Crippen LogP) is 1.66. The van der Waals surface area contributed by atoms with Crippen LogP contribution >= 0.6 is 0 Å². The topological polar surface area (TPSA) is 20.2 Å². The van der Waals surface area contributed by atoms with Crippen LogP contribution in [0.1, 0.15) is 26.7 Å². The van der Waals surface area contributed by atoms with Crippen molar-refractivity contribution < 1.29 is 5.11 Å². The van der Waals surface area contributed by atoms with Gasteiger partial charge in [0.15, 0.2) is 0 Å². The summed E-state index contributed by atoms with van der Waals surface area (Å²) in [4.78, 5) is 0. The fourth-order valence-electron chi connectivity index (χ4n) is 4.33. The molecule has 0 unspecified atom stereocenters. The van der Waals surface area contributed by atoms with Crippen molar-refractivity contribution in [2.75, 3.05) is 6.61 Å². The molecule has 1 N–H and O–H groups in total. The van der Waals surface area contributed by atoms with E-state index in [1.807, 2.05) is 0 Å². The molecule has 4 bridgehead atoms. The molecule has 1 nitrogen and oxygen atoms in total. The van der Waals surface area contributed by atoms with E-state index in [0.29, 0.717) is 17.4 Å². The van der Waals surface area contributed by atoms with Crippen molar-refractivity contribution >= 4 is 0 Å². The molecule has 4 rings (SSSR count). The highest BCUT2D eigenvalue weighted by Crippen LogP contribution is 2.85. The standard InChI is InChI=1S/C10H16O/c1-9(5-11)6-3-7-8(4-6)10(7,9)2/h6-8,11H,3-5H2,1-2H3/t6?,7-,8-,9-,10?/m1/s1. The van der Waals surface area contributed by atoms with E-state index >= 15 is 0 Å². The average molecular weight is 152 g/mol. The molecule has 0 aliphatic heterocycles. The van der Waals surface area contributed by atoms with Gasteiger partial charge in [0.2, 0.25) is 0 Å². The summed E-state index contributed by atoms with van der Waals surface area (Å²) in [6.07, 6.45) is 2.83. The molecule has 0 saturated heterocycles. The van der Waals surface area contributed by atoms with Crippen LogP contribution in [0.4, 0.5) is 0 Å². The minimum atomic E-state index is 0.294. The fourth-order valence-corrected chi connectivity index (χ4v) is 4.33. The van der Waals surface area contributed by atoms with E-state index in [1.54, 1.807) is 0 Å². The Morgan fingerprint density at radius 1 is 1.27 bits per heavy atom. The van der Waals surface area contributed by atoms with Gasteiger partial charge in [-0.25, -0.2) is 0 Å². The van der Waals surface area contributed by atoms with Gasteiger partial charge in [-0.15, -0.1) is 0 Å². The highest BCUT2D eigenvalue weighted by molar-refractivity contribution is 5.28. The van der Waals surface area contributed by atoms with Crippen LogP contribution in [0.2, 0.25) is 0 Å². The number of aliphatic hydroxyl groups excluding tert-OH is 1. The number of hydrogen-bond donors (Lipinski definition) is 1. The third-order valence-corrected chi connectivity index (χ3v) is 5.45. The van der Waals surface area contributed by atoms with Crippen LogP contribution in [0.5, 0.6) is 0 Å². The van der Waals surface area contributed by atoms with Gasteiger partial charge in [-0.1, -0.05) is 13.8 Å². The minimum absolute atomic E-state index is 0.294. The molecule has 0 amide bonds. The van der Waals surface area contributed by atoms with E-state index in [2.05, 4.69) is 13.8 Å². The molecule has 0 heterocycles. The van der Waals surface area contributed by atoms with E-state index in [9.17, 15) is 5.11 Å². The van der Waals surface area contributed by atoms with Crippen molar-refractivity contribution in [1.29, 1.82) is 0 Å². The molecule has 62 valence electrons. The summed E-state index contributed by atoms with van der Waals surface area (Å²) in [6.45, 7) is 5.11. The molecule has 4 saturated carbocycles. The molecule has 0 spiro atoms. The van der Waals surface area contributed by atoms with Crippen LogP contribution in [0.3, 0.4) is 0 Å². The molecule has 4 aliphatic rings. The van der Waals surface area contributed by atoms with E-state index in [4.69, 9.17) is 0 Å². The van der Waals surface area contributed by atoms with Crippen LogP contribution in [0.25, 0.3) is 0 Å². The molecule has 3 atom stereocenters. The molecule has 11 heavy (non-hydrogen) atoms. The van der Waals surface area contributed by atoms with Crippen molar-refractivity contribution in [1.82, 2.24) is 0 Å². The fraction of sp³-hybridized carbons (Fsp3) is 1.00. The van der Waals surface area contributed by atoms with Gasteiger partial charge in [0.05, 0.1) is 0 Å². The lowest BCUT2D eigenvalue weighted by Gasteiger charge is -2.31. The zero-order valence-electron chi connectivity index (χ0n) is 7.30. The predicted molar refractivity (Wildman–Crippen MR) is 43.0 cm³/mol. The van der Waals surface area contributed by atoms with Crippen molar-refractivity contribution in [2.45, 2.75) is 26.7 Å². The van der Waals surface area contributed by atoms with Gasteiger partial charge in [-0.2, -0.15) is 0 Å². The first-order chi connectivity index (χ1) is 5.14. The maximum absolute atomic E-state index is 9.38. The van der Waals surface area contributed by atoms with Crippen LogP contribution in [-0.4, -0.2) is 11.7 Å². The molecular weight excluding hydrogens is 136 g/mol. The van der Waals surface area contributed by atoms with Crippen LogP contribution in [0.15, 0.2) is 0 Å². The Labute approximate surface area is 67.8 Å². The lowest BCUT2D eigenvalue weighted by atomic mass is 9.75. The third-order valence-electron chi connectivity index (χ3n) is 5.45. The molecule has 0 aromatic carbocycles. The Kier molecular flexibility index (Phi) is 0.820. The van der Waals surface area contributed by atoms with Crippen molar-refractivity contribution in [3.8, 4) is 0 Å². The summed E-state index contributed by atoms with van der Waals surface area (Å²) in [5.74, 6) is 2.83. The second-order valence-corrected chi connectivity index (χ2v) is 5.24. The quantitative estimate of drug-likeness (QED) is 0.606. The summed E-state index contributed by atoms with van der Waals surface area (Å²) in [5.41, 5.74) is 0.842. The third kappa shape index (κ3) is 0.395. The minimum Gasteiger partial charge on any atom is -0.396 e. The average Bonchev–Trinajstić information content (AvgIpc) is 2.42. The lowest BCUT2D eigenvalue weighted by molar-refractivity contribution is 0.0663. The summed E-state index contributed by atoms with van der Waals surface area (Å²) in [7, 11) is 0. The summed E-state index contributed by atoms with van der Waals surface area (Å²) in [6, 6.07) is 0. The second kappa shape index (κ2) is 1.39. The Morgan fingerprint density at radius 3 is 2.00 bits per heavy atom. The summed E-state index contributed by atoms with van der Waals surface area (Å²) in [5, 5.41) is 9.38. The van der Waals surface area contributed by atoms with E-state index in [-0.39, 0.29) is 0 Å². The van der Waals surface area contributed by atoms with E-state index in [0.717, 1.165) is 17.8 Å². The largest absolute Gasteiger partial charge is 0.396 e.